The Morgan fingerprint density at radius 3 is 2.79 bits per heavy atom. The second-order valence-corrected chi connectivity index (χ2v) is 8.69. The van der Waals surface area contributed by atoms with E-state index in [1.54, 1.807) is 24.3 Å². The summed E-state index contributed by atoms with van der Waals surface area (Å²) in [4.78, 5) is 41.6. The molecule has 1 amide bonds. The number of aromatic amines is 1. The van der Waals surface area contributed by atoms with Gasteiger partial charge in [-0.25, -0.2) is 4.79 Å². The number of aromatic nitrogens is 2. The van der Waals surface area contributed by atoms with Gasteiger partial charge in [0.1, 0.15) is 0 Å². The standard InChI is InChI=1S/C20H26N4O4S/c25-17(21-13-20(6-12-29-14-20)23-8-10-28-11-9-23)5-7-24-16-4-2-1-3-15(16)18(26)22-19(24)27/h1-4H,5-14H2,(H,21,25)(H,22,26,27). The maximum Gasteiger partial charge on any atom is 0.328 e. The Balaban J connectivity index is 1.41. The van der Waals surface area contributed by atoms with Gasteiger partial charge in [0.2, 0.25) is 5.91 Å². The monoisotopic (exact) mass is 418 g/mol. The number of ether oxygens (including phenoxy) is 1. The summed E-state index contributed by atoms with van der Waals surface area (Å²) < 4.78 is 6.94. The zero-order valence-electron chi connectivity index (χ0n) is 16.3. The van der Waals surface area contributed by atoms with Gasteiger partial charge in [-0.3, -0.25) is 24.0 Å². The highest BCUT2D eigenvalue weighted by molar-refractivity contribution is 7.99. The second-order valence-electron chi connectivity index (χ2n) is 7.58. The SMILES string of the molecule is O=C(CCn1c(=O)[nH]c(=O)c2ccccc21)NCC1(N2CCOCC2)CCSC1. The summed E-state index contributed by atoms with van der Waals surface area (Å²) >= 11 is 1.93. The fraction of sp³-hybridized carbons (Fsp3) is 0.550. The minimum atomic E-state index is -0.488. The lowest BCUT2D eigenvalue weighted by Crippen LogP contribution is -2.59. The van der Waals surface area contributed by atoms with Crippen LogP contribution in [-0.2, 0) is 16.1 Å². The minimum Gasteiger partial charge on any atom is -0.379 e. The van der Waals surface area contributed by atoms with Crippen molar-refractivity contribution >= 4 is 28.6 Å². The molecule has 156 valence electrons. The van der Waals surface area contributed by atoms with Gasteiger partial charge in [0.15, 0.2) is 0 Å². The number of carbonyl (C=O) groups is 1. The average Bonchev–Trinajstić information content (AvgIpc) is 3.23. The fourth-order valence-electron chi connectivity index (χ4n) is 4.16. The number of aryl methyl sites for hydroxylation is 1. The third-order valence-electron chi connectivity index (χ3n) is 5.85. The van der Waals surface area contributed by atoms with Crippen molar-refractivity contribution in [2.45, 2.75) is 24.9 Å². The van der Waals surface area contributed by atoms with Crippen LogP contribution in [0.2, 0.25) is 0 Å². The van der Waals surface area contributed by atoms with Crippen molar-refractivity contribution in [1.82, 2.24) is 19.8 Å². The van der Waals surface area contributed by atoms with Crippen molar-refractivity contribution in [2.75, 3.05) is 44.4 Å². The number of thioether (sulfide) groups is 1. The van der Waals surface area contributed by atoms with Gasteiger partial charge in [0, 0.05) is 43.9 Å². The van der Waals surface area contributed by atoms with E-state index in [4.69, 9.17) is 4.74 Å². The summed E-state index contributed by atoms with van der Waals surface area (Å²) in [6.07, 6.45) is 1.24. The smallest absolute Gasteiger partial charge is 0.328 e. The molecular formula is C20H26N4O4S. The number of hydrogen-bond acceptors (Lipinski definition) is 6. The molecule has 2 aromatic rings. The molecule has 2 aliphatic rings. The van der Waals surface area contributed by atoms with Crippen molar-refractivity contribution in [1.29, 1.82) is 0 Å². The van der Waals surface area contributed by atoms with Crippen molar-refractivity contribution in [2.24, 2.45) is 0 Å². The molecule has 29 heavy (non-hydrogen) atoms. The van der Waals surface area contributed by atoms with Crippen molar-refractivity contribution in [3.8, 4) is 0 Å². The van der Waals surface area contributed by atoms with Crippen LogP contribution in [0.1, 0.15) is 12.8 Å². The Bertz CT molecular complexity index is 990. The largest absolute Gasteiger partial charge is 0.379 e. The highest BCUT2D eigenvalue weighted by Gasteiger charge is 2.40. The molecule has 9 heteroatoms. The number of nitrogens with zero attached hydrogens (tertiary/aromatic N) is 2. The molecule has 2 saturated heterocycles. The number of H-pyrrole nitrogens is 1. The van der Waals surface area contributed by atoms with Crippen molar-refractivity contribution in [3.63, 3.8) is 0 Å². The number of carbonyl (C=O) groups excluding carboxylic acids is 1. The number of morpholine rings is 1. The van der Waals surface area contributed by atoms with E-state index in [0.29, 0.717) is 17.4 Å². The predicted octanol–water partition coefficient (Wildman–Crippen LogP) is 0.404. The normalized spacial score (nSPS) is 22.8. The highest BCUT2D eigenvalue weighted by atomic mass is 32.2. The fourth-order valence-corrected chi connectivity index (χ4v) is 5.64. The lowest BCUT2D eigenvalue weighted by molar-refractivity contribution is -0.122. The van der Waals surface area contributed by atoms with Crippen LogP contribution in [0.5, 0.6) is 0 Å². The Morgan fingerprint density at radius 2 is 2.03 bits per heavy atom. The summed E-state index contributed by atoms with van der Waals surface area (Å²) in [5, 5.41) is 3.54. The lowest BCUT2D eigenvalue weighted by Gasteiger charge is -2.43. The zero-order chi connectivity index (χ0) is 20.3. The third kappa shape index (κ3) is 4.26. The number of rotatable bonds is 6. The molecule has 1 unspecified atom stereocenters. The van der Waals surface area contributed by atoms with Gasteiger partial charge in [-0.2, -0.15) is 11.8 Å². The first-order valence-electron chi connectivity index (χ1n) is 9.98. The van der Waals surface area contributed by atoms with E-state index in [2.05, 4.69) is 15.2 Å². The molecule has 0 aliphatic carbocycles. The molecule has 0 radical (unpaired) electrons. The molecule has 2 N–H and O–H groups in total. The van der Waals surface area contributed by atoms with Gasteiger partial charge in [-0.05, 0) is 24.3 Å². The number of benzene rings is 1. The van der Waals surface area contributed by atoms with E-state index < -0.39 is 11.2 Å². The Morgan fingerprint density at radius 1 is 1.24 bits per heavy atom. The second kappa shape index (κ2) is 8.73. The van der Waals surface area contributed by atoms with E-state index in [1.165, 1.54) is 4.57 Å². The number of fused-ring (bicyclic) bond motifs is 1. The molecule has 1 aromatic carbocycles. The van der Waals surface area contributed by atoms with Crippen LogP contribution in [0.3, 0.4) is 0 Å². The van der Waals surface area contributed by atoms with Gasteiger partial charge in [0.05, 0.1) is 24.1 Å². The van der Waals surface area contributed by atoms with Crippen LogP contribution in [0.25, 0.3) is 10.9 Å². The Labute approximate surface area is 172 Å². The van der Waals surface area contributed by atoms with Crippen LogP contribution >= 0.6 is 11.8 Å². The summed E-state index contributed by atoms with van der Waals surface area (Å²) in [5.74, 6) is 2.03. The van der Waals surface area contributed by atoms with Gasteiger partial charge in [-0.1, -0.05) is 12.1 Å². The minimum absolute atomic E-state index is 0.00831. The molecule has 0 spiro atoms. The number of para-hydroxylation sites is 1. The van der Waals surface area contributed by atoms with Crippen LogP contribution in [0.15, 0.2) is 33.9 Å². The van der Waals surface area contributed by atoms with Crippen LogP contribution in [0.4, 0.5) is 0 Å². The first-order chi connectivity index (χ1) is 14.1. The van der Waals surface area contributed by atoms with Gasteiger partial charge < -0.3 is 10.1 Å². The molecule has 8 nitrogen and oxygen atoms in total. The molecular weight excluding hydrogens is 392 g/mol. The maximum absolute atomic E-state index is 12.6. The molecule has 2 fully saturated rings. The summed E-state index contributed by atoms with van der Waals surface area (Å²) in [5.41, 5.74) is -0.354. The average molecular weight is 419 g/mol. The van der Waals surface area contributed by atoms with Gasteiger partial charge in [0.25, 0.3) is 5.56 Å². The Kier molecular flexibility index (Phi) is 6.07. The molecule has 0 bridgehead atoms. The number of nitrogens with one attached hydrogen (secondary N) is 2. The molecule has 1 atom stereocenters. The van der Waals surface area contributed by atoms with Gasteiger partial charge >= 0.3 is 5.69 Å². The van der Waals surface area contributed by atoms with Crippen LogP contribution in [0, 0.1) is 0 Å². The van der Waals surface area contributed by atoms with Gasteiger partial charge in [-0.15, -0.1) is 0 Å². The zero-order valence-corrected chi connectivity index (χ0v) is 17.1. The Hall–Kier alpha value is -2.10. The van der Waals surface area contributed by atoms with E-state index in [9.17, 15) is 14.4 Å². The highest BCUT2D eigenvalue weighted by Crippen LogP contribution is 2.33. The van der Waals surface area contributed by atoms with E-state index >= 15 is 0 Å². The molecule has 0 saturated carbocycles. The predicted molar refractivity (Wildman–Crippen MR) is 114 cm³/mol. The summed E-state index contributed by atoms with van der Waals surface area (Å²) in [6, 6.07) is 6.94. The third-order valence-corrected chi connectivity index (χ3v) is 7.08. The van der Waals surface area contributed by atoms with E-state index in [1.807, 2.05) is 11.8 Å². The topological polar surface area (TPSA) is 96.4 Å². The first kappa shape index (κ1) is 20.2. The molecule has 1 aromatic heterocycles. The molecule has 3 heterocycles. The summed E-state index contributed by atoms with van der Waals surface area (Å²) in [7, 11) is 0. The maximum atomic E-state index is 12.6. The van der Waals surface area contributed by atoms with Crippen molar-refractivity contribution in [3.05, 3.63) is 45.1 Å². The number of amides is 1. The number of hydrogen-bond donors (Lipinski definition) is 2. The first-order valence-corrected chi connectivity index (χ1v) is 11.1. The van der Waals surface area contributed by atoms with Crippen molar-refractivity contribution < 1.29 is 9.53 Å². The summed E-state index contributed by atoms with van der Waals surface area (Å²) in [6.45, 7) is 4.11. The van der Waals surface area contributed by atoms with Crippen LogP contribution in [-0.4, -0.2) is 70.3 Å². The van der Waals surface area contributed by atoms with E-state index in [0.717, 1.165) is 44.2 Å². The van der Waals surface area contributed by atoms with E-state index in [-0.39, 0.29) is 24.4 Å². The quantitative estimate of drug-likeness (QED) is 0.705. The molecule has 2 aliphatic heterocycles. The van der Waals surface area contributed by atoms with Crippen LogP contribution < -0.4 is 16.6 Å². The lowest BCUT2D eigenvalue weighted by atomic mass is 9.95. The molecule has 4 rings (SSSR count).